The van der Waals surface area contributed by atoms with Crippen molar-refractivity contribution in [2.24, 2.45) is 0 Å². The van der Waals surface area contributed by atoms with Gasteiger partial charge in [-0.1, -0.05) is 6.07 Å². The topological polar surface area (TPSA) is 113 Å². The van der Waals surface area contributed by atoms with Crippen LogP contribution < -0.4 is 5.32 Å². The van der Waals surface area contributed by atoms with Crippen molar-refractivity contribution in [3.8, 4) is 0 Å². The Morgan fingerprint density at radius 1 is 1.26 bits per heavy atom. The molecule has 1 aromatic carbocycles. The Morgan fingerprint density at radius 2 is 1.87 bits per heavy atom. The van der Waals surface area contributed by atoms with Crippen molar-refractivity contribution in [2.45, 2.75) is 38.7 Å². The Kier molecular flexibility index (Phi) is 5.67. The minimum absolute atomic E-state index is 0.0694. The van der Waals surface area contributed by atoms with Gasteiger partial charge in [0.1, 0.15) is 11.4 Å². The largest absolute Gasteiger partial charge is 0.481 e. The zero-order valence-corrected chi connectivity index (χ0v) is 12.9. The van der Waals surface area contributed by atoms with Gasteiger partial charge in [-0.3, -0.25) is 14.9 Å². The average Bonchev–Trinajstić information content (AvgIpc) is 2.33. The smallest absolute Gasteiger partial charge is 0.412 e. The van der Waals surface area contributed by atoms with Gasteiger partial charge in [-0.05, 0) is 32.9 Å². The van der Waals surface area contributed by atoms with Crippen LogP contribution in [0.25, 0.3) is 0 Å². The van der Waals surface area contributed by atoms with Crippen molar-refractivity contribution in [3.05, 3.63) is 29.6 Å². The van der Waals surface area contributed by atoms with Gasteiger partial charge in [0.2, 0.25) is 0 Å². The van der Waals surface area contributed by atoms with Gasteiger partial charge in [0, 0.05) is 11.3 Å². The molecule has 0 saturated carbocycles. The summed E-state index contributed by atoms with van der Waals surface area (Å²) >= 11 is 0. The molecule has 7 nitrogen and oxygen atoms in total. The molecule has 0 radical (unpaired) electrons. The number of halogens is 1. The monoisotopic (exact) mass is 327 g/mol. The molecule has 0 fully saturated rings. The molecular weight excluding hydrogens is 309 g/mol. The number of carboxylic acids is 2. The number of ether oxygens (including phenoxy) is 1. The van der Waals surface area contributed by atoms with Gasteiger partial charge in [-0.2, -0.15) is 0 Å². The highest BCUT2D eigenvalue weighted by molar-refractivity contribution is 5.86. The van der Waals surface area contributed by atoms with E-state index in [9.17, 15) is 18.8 Å². The quantitative estimate of drug-likeness (QED) is 0.766. The van der Waals surface area contributed by atoms with E-state index in [-0.39, 0.29) is 11.3 Å². The number of rotatable bonds is 5. The molecule has 8 heteroatoms. The predicted molar refractivity (Wildman–Crippen MR) is 78.9 cm³/mol. The Morgan fingerprint density at radius 3 is 2.30 bits per heavy atom. The molecule has 126 valence electrons. The molecule has 23 heavy (non-hydrogen) atoms. The second-order valence-corrected chi connectivity index (χ2v) is 5.85. The maximum Gasteiger partial charge on any atom is 0.412 e. The molecule has 0 bridgehead atoms. The van der Waals surface area contributed by atoms with E-state index >= 15 is 0 Å². The van der Waals surface area contributed by atoms with Crippen LogP contribution in [0.3, 0.4) is 0 Å². The van der Waals surface area contributed by atoms with Crippen molar-refractivity contribution in [3.63, 3.8) is 0 Å². The molecule has 0 spiro atoms. The first-order chi connectivity index (χ1) is 10.5. The van der Waals surface area contributed by atoms with E-state index in [1.165, 1.54) is 6.07 Å². The maximum absolute atomic E-state index is 14.1. The number of hydrogen-bond donors (Lipinski definition) is 3. The standard InChI is InChI=1S/C15H18FNO6/c1-15(2,3)23-14(22)17-8-4-5-9(11(16)6-8)10(13(20)21)7-12(18)19/h4-6,10H,7H2,1-3H3,(H,17,22)(H,18,19)(H,20,21). The van der Waals surface area contributed by atoms with Crippen LogP contribution in [0, 0.1) is 5.82 Å². The van der Waals surface area contributed by atoms with Gasteiger partial charge in [0.15, 0.2) is 0 Å². The minimum Gasteiger partial charge on any atom is -0.481 e. The van der Waals surface area contributed by atoms with Crippen molar-refractivity contribution in [1.82, 2.24) is 0 Å². The lowest BCUT2D eigenvalue weighted by atomic mass is 9.95. The van der Waals surface area contributed by atoms with Crippen LogP contribution in [-0.2, 0) is 14.3 Å². The zero-order valence-electron chi connectivity index (χ0n) is 12.9. The van der Waals surface area contributed by atoms with Crippen molar-refractivity contribution >= 4 is 23.7 Å². The van der Waals surface area contributed by atoms with E-state index < -0.39 is 41.8 Å². The summed E-state index contributed by atoms with van der Waals surface area (Å²) in [6.45, 7) is 5.00. The Labute approximate surface area is 132 Å². The summed E-state index contributed by atoms with van der Waals surface area (Å²) in [4.78, 5) is 33.4. The minimum atomic E-state index is -1.51. The first-order valence-corrected chi connectivity index (χ1v) is 6.73. The SMILES string of the molecule is CC(C)(C)OC(=O)Nc1ccc(C(CC(=O)O)C(=O)O)c(F)c1. The van der Waals surface area contributed by atoms with Crippen LogP contribution >= 0.6 is 0 Å². The van der Waals surface area contributed by atoms with Crippen LogP contribution in [0.4, 0.5) is 14.9 Å². The maximum atomic E-state index is 14.1. The molecular formula is C15H18FNO6. The fourth-order valence-electron chi connectivity index (χ4n) is 1.81. The molecule has 1 unspecified atom stereocenters. The summed E-state index contributed by atoms with van der Waals surface area (Å²) in [6.07, 6.45) is -1.53. The van der Waals surface area contributed by atoms with Gasteiger partial charge in [-0.15, -0.1) is 0 Å². The van der Waals surface area contributed by atoms with E-state index in [1.807, 2.05) is 0 Å². The fraction of sp³-hybridized carbons (Fsp3) is 0.400. The van der Waals surface area contributed by atoms with E-state index in [4.69, 9.17) is 14.9 Å². The molecule has 3 N–H and O–H groups in total. The van der Waals surface area contributed by atoms with E-state index in [1.54, 1.807) is 20.8 Å². The van der Waals surface area contributed by atoms with Crippen LogP contribution in [0.5, 0.6) is 0 Å². The lowest BCUT2D eigenvalue weighted by Crippen LogP contribution is -2.27. The highest BCUT2D eigenvalue weighted by atomic mass is 19.1. The van der Waals surface area contributed by atoms with Gasteiger partial charge in [0.05, 0.1) is 12.3 Å². The molecule has 0 aliphatic rings. The lowest BCUT2D eigenvalue weighted by Gasteiger charge is -2.20. The number of carbonyl (C=O) groups is 3. The number of hydrogen-bond acceptors (Lipinski definition) is 4. The third-order valence-corrected chi connectivity index (χ3v) is 2.70. The van der Waals surface area contributed by atoms with Gasteiger partial charge in [0.25, 0.3) is 0 Å². The molecule has 0 aliphatic heterocycles. The Hall–Kier alpha value is -2.64. The molecule has 0 saturated heterocycles. The summed E-state index contributed by atoms with van der Waals surface area (Å²) in [7, 11) is 0. The number of nitrogens with one attached hydrogen (secondary N) is 1. The predicted octanol–water partition coefficient (Wildman–Crippen LogP) is 2.82. The number of carbonyl (C=O) groups excluding carboxylic acids is 1. The molecule has 0 aliphatic carbocycles. The summed E-state index contributed by atoms with van der Waals surface area (Å²) in [5, 5.41) is 20.0. The number of anilines is 1. The zero-order chi connectivity index (χ0) is 17.8. The molecule has 1 aromatic rings. The second-order valence-electron chi connectivity index (χ2n) is 5.85. The third kappa shape index (κ3) is 5.93. The normalized spacial score (nSPS) is 12.3. The summed E-state index contributed by atoms with van der Waals surface area (Å²) in [5.74, 6) is -5.23. The number of amides is 1. The lowest BCUT2D eigenvalue weighted by molar-refractivity contribution is -0.145. The van der Waals surface area contributed by atoms with Gasteiger partial charge < -0.3 is 14.9 Å². The van der Waals surface area contributed by atoms with Crippen LogP contribution in [0.15, 0.2) is 18.2 Å². The van der Waals surface area contributed by atoms with Crippen molar-refractivity contribution in [1.29, 1.82) is 0 Å². The van der Waals surface area contributed by atoms with Gasteiger partial charge in [-0.25, -0.2) is 9.18 Å². The third-order valence-electron chi connectivity index (χ3n) is 2.70. The van der Waals surface area contributed by atoms with E-state index in [0.29, 0.717) is 0 Å². The Balaban J connectivity index is 2.95. The molecule has 1 rings (SSSR count). The molecule has 1 amide bonds. The van der Waals surface area contributed by atoms with E-state index in [2.05, 4.69) is 5.32 Å². The van der Waals surface area contributed by atoms with Crippen LogP contribution in [0.1, 0.15) is 38.7 Å². The molecule has 1 atom stereocenters. The highest BCUT2D eigenvalue weighted by Gasteiger charge is 2.26. The number of aliphatic carboxylic acids is 2. The molecule has 0 heterocycles. The molecule has 0 aromatic heterocycles. The first kappa shape index (κ1) is 18.4. The summed E-state index contributed by atoms with van der Waals surface area (Å²) in [5.41, 5.74) is -0.923. The highest BCUT2D eigenvalue weighted by Crippen LogP contribution is 2.26. The summed E-state index contributed by atoms with van der Waals surface area (Å²) < 4.78 is 19.1. The van der Waals surface area contributed by atoms with Crippen LogP contribution in [-0.4, -0.2) is 33.8 Å². The second kappa shape index (κ2) is 7.08. The first-order valence-electron chi connectivity index (χ1n) is 6.73. The van der Waals surface area contributed by atoms with Crippen LogP contribution in [0.2, 0.25) is 0 Å². The average molecular weight is 327 g/mol. The summed E-state index contributed by atoms with van der Waals surface area (Å²) in [6, 6.07) is 3.32. The van der Waals surface area contributed by atoms with Gasteiger partial charge >= 0.3 is 18.0 Å². The number of carboxylic acid groups (broad SMARTS) is 2. The fourth-order valence-corrected chi connectivity index (χ4v) is 1.81. The van der Waals surface area contributed by atoms with Crippen molar-refractivity contribution < 1.29 is 33.7 Å². The van der Waals surface area contributed by atoms with Crippen molar-refractivity contribution in [2.75, 3.05) is 5.32 Å². The number of benzene rings is 1. The Bertz CT molecular complexity index is 623. The van der Waals surface area contributed by atoms with E-state index in [0.717, 1.165) is 12.1 Å².